The first-order valence-corrected chi connectivity index (χ1v) is 11.6. The minimum Gasteiger partial charge on any atom is -0.322 e. The van der Waals surface area contributed by atoms with Crippen LogP contribution < -0.4 is 10.0 Å². The second-order valence-electron chi connectivity index (χ2n) is 5.65. The number of hydrogen-bond acceptors (Lipinski definition) is 5. The summed E-state index contributed by atoms with van der Waals surface area (Å²) in [6.07, 6.45) is 0. The fourth-order valence-corrected chi connectivity index (χ4v) is 3.72. The fourth-order valence-electron chi connectivity index (χ4n) is 2.08. The number of anilines is 2. The number of carbonyl (C=O) groups is 1. The molecule has 146 valence electrons. The molecule has 0 aliphatic rings. The van der Waals surface area contributed by atoms with Gasteiger partial charge in [-0.15, -0.1) is 11.6 Å². The highest BCUT2D eigenvalue weighted by atomic mass is 35.5. The van der Waals surface area contributed by atoms with E-state index in [0.29, 0.717) is 5.69 Å². The third-order valence-corrected chi connectivity index (χ3v) is 7.49. The van der Waals surface area contributed by atoms with E-state index in [1.807, 2.05) is 0 Å². The van der Waals surface area contributed by atoms with Crippen LogP contribution in [0.15, 0.2) is 53.4 Å². The quantitative estimate of drug-likeness (QED) is 0.656. The Morgan fingerprint density at radius 1 is 1.04 bits per heavy atom. The van der Waals surface area contributed by atoms with Gasteiger partial charge in [-0.3, -0.25) is 9.52 Å². The van der Waals surface area contributed by atoms with Gasteiger partial charge in [-0.25, -0.2) is 16.8 Å². The maximum absolute atomic E-state index is 12.4. The number of amides is 1. The van der Waals surface area contributed by atoms with E-state index in [4.69, 9.17) is 11.6 Å². The van der Waals surface area contributed by atoms with Gasteiger partial charge in [0, 0.05) is 16.9 Å². The SMILES string of the molecule is CCS(=O)(=O)c1ccc(NC(=O)c2cccc(NS(=O)(=O)C(C)Cl)c2)cc1. The number of sulfone groups is 1. The van der Waals surface area contributed by atoms with Gasteiger partial charge in [0.15, 0.2) is 14.5 Å². The van der Waals surface area contributed by atoms with Crippen LogP contribution in [0.2, 0.25) is 0 Å². The molecule has 2 N–H and O–H groups in total. The first kappa shape index (κ1) is 21.2. The Hall–Kier alpha value is -2.10. The van der Waals surface area contributed by atoms with Crippen LogP contribution in [0, 0.1) is 0 Å². The molecule has 2 rings (SSSR count). The summed E-state index contributed by atoms with van der Waals surface area (Å²) < 4.78 is 48.4. The number of alkyl halides is 1. The van der Waals surface area contributed by atoms with Gasteiger partial charge < -0.3 is 5.32 Å². The lowest BCUT2D eigenvalue weighted by molar-refractivity contribution is 0.102. The molecule has 0 spiro atoms. The highest BCUT2D eigenvalue weighted by Crippen LogP contribution is 2.19. The predicted octanol–water partition coefficient (Wildman–Crippen LogP) is 3.06. The van der Waals surface area contributed by atoms with Gasteiger partial charge >= 0.3 is 0 Å². The van der Waals surface area contributed by atoms with E-state index in [-0.39, 0.29) is 21.9 Å². The Balaban J connectivity index is 2.16. The van der Waals surface area contributed by atoms with E-state index in [1.165, 1.54) is 55.5 Å². The number of benzene rings is 2. The monoisotopic (exact) mass is 430 g/mol. The Morgan fingerprint density at radius 2 is 1.67 bits per heavy atom. The van der Waals surface area contributed by atoms with E-state index in [1.54, 1.807) is 6.92 Å². The lowest BCUT2D eigenvalue weighted by Gasteiger charge is -2.11. The second kappa shape index (κ2) is 8.28. The zero-order valence-electron chi connectivity index (χ0n) is 14.6. The van der Waals surface area contributed by atoms with Gasteiger partial charge in [0.05, 0.1) is 10.6 Å². The lowest BCUT2D eigenvalue weighted by Crippen LogP contribution is -2.21. The summed E-state index contributed by atoms with van der Waals surface area (Å²) in [6.45, 7) is 2.88. The molecule has 7 nitrogen and oxygen atoms in total. The average Bonchev–Trinajstić information content (AvgIpc) is 2.62. The minimum atomic E-state index is -3.75. The van der Waals surface area contributed by atoms with Gasteiger partial charge in [-0.2, -0.15) is 0 Å². The van der Waals surface area contributed by atoms with E-state index in [0.717, 1.165) is 0 Å². The van der Waals surface area contributed by atoms with Crippen LogP contribution in [0.25, 0.3) is 0 Å². The van der Waals surface area contributed by atoms with Gasteiger partial charge in [0.25, 0.3) is 5.91 Å². The van der Waals surface area contributed by atoms with E-state index in [2.05, 4.69) is 10.0 Å². The molecule has 0 heterocycles. The summed E-state index contributed by atoms with van der Waals surface area (Å²) in [4.78, 5) is 12.5. The number of nitrogens with one attached hydrogen (secondary N) is 2. The van der Waals surface area contributed by atoms with Crippen molar-refractivity contribution in [2.24, 2.45) is 0 Å². The molecule has 1 unspecified atom stereocenters. The Bertz CT molecular complexity index is 1030. The van der Waals surface area contributed by atoms with Gasteiger partial charge in [0.1, 0.15) is 0 Å². The van der Waals surface area contributed by atoms with Gasteiger partial charge in [-0.05, 0) is 49.4 Å². The van der Waals surface area contributed by atoms with Gasteiger partial charge in [-0.1, -0.05) is 13.0 Å². The summed E-state index contributed by atoms with van der Waals surface area (Å²) >= 11 is 5.61. The van der Waals surface area contributed by atoms with Crippen LogP contribution in [-0.2, 0) is 19.9 Å². The molecule has 1 atom stereocenters. The molecule has 0 saturated heterocycles. The maximum atomic E-state index is 12.4. The lowest BCUT2D eigenvalue weighted by atomic mass is 10.2. The van der Waals surface area contributed by atoms with Crippen molar-refractivity contribution in [1.82, 2.24) is 0 Å². The molecule has 0 aliphatic carbocycles. The van der Waals surface area contributed by atoms with Crippen molar-refractivity contribution in [3.8, 4) is 0 Å². The van der Waals surface area contributed by atoms with Crippen LogP contribution in [0.3, 0.4) is 0 Å². The van der Waals surface area contributed by atoms with Crippen molar-refractivity contribution in [2.75, 3.05) is 15.8 Å². The largest absolute Gasteiger partial charge is 0.322 e. The van der Waals surface area contributed by atoms with Crippen LogP contribution in [-0.4, -0.2) is 33.2 Å². The highest BCUT2D eigenvalue weighted by molar-refractivity contribution is 7.94. The molecule has 10 heteroatoms. The van der Waals surface area contributed by atoms with Crippen LogP contribution >= 0.6 is 11.6 Å². The standard InChI is InChI=1S/C17H19ClN2O5S2/c1-3-26(22,23)16-9-7-14(8-10-16)19-17(21)13-5-4-6-15(11-13)20-27(24,25)12(2)18/h4-12,20H,3H2,1-2H3,(H,19,21). The molecular formula is C17H19ClN2O5S2. The predicted molar refractivity (Wildman–Crippen MR) is 106 cm³/mol. The van der Waals surface area contributed by atoms with Crippen molar-refractivity contribution in [3.05, 3.63) is 54.1 Å². The molecule has 0 saturated carbocycles. The normalized spacial score (nSPS) is 13.0. The summed E-state index contributed by atoms with van der Waals surface area (Å²) in [6, 6.07) is 11.7. The summed E-state index contributed by atoms with van der Waals surface area (Å²) in [7, 11) is -7.06. The summed E-state index contributed by atoms with van der Waals surface area (Å²) in [5.74, 6) is -0.483. The Labute approximate surface area is 163 Å². The smallest absolute Gasteiger partial charge is 0.255 e. The molecule has 2 aromatic carbocycles. The minimum absolute atomic E-state index is 0.0116. The van der Waals surface area contributed by atoms with Crippen molar-refractivity contribution < 1.29 is 21.6 Å². The van der Waals surface area contributed by atoms with Crippen molar-refractivity contribution in [3.63, 3.8) is 0 Å². The van der Waals surface area contributed by atoms with Crippen LogP contribution in [0.1, 0.15) is 24.2 Å². The van der Waals surface area contributed by atoms with Crippen LogP contribution in [0.5, 0.6) is 0 Å². The van der Waals surface area contributed by atoms with E-state index in [9.17, 15) is 21.6 Å². The molecule has 0 aliphatic heterocycles. The first-order chi connectivity index (χ1) is 12.5. The third kappa shape index (κ3) is 5.44. The first-order valence-electron chi connectivity index (χ1n) is 7.95. The van der Waals surface area contributed by atoms with E-state index >= 15 is 0 Å². The Morgan fingerprint density at radius 3 is 2.22 bits per heavy atom. The molecule has 0 radical (unpaired) electrons. The molecule has 0 aromatic heterocycles. The van der Waals surface area contributed by atoms with Crippen LogP contribution in [0.4, 0.5) is 11.4 Å². The topological polar surface area (TPSA) is 109 Å². The summed E-state index contributed by atoms with van der Waals surface area (Å²) in [5.41, 5.74) is 0.845. The molecule has 0 bridgehead atoms. The molecule has 0 fully saturated rings. The van der Waals surface area contributed by atoms with Gasteiger partial charge in [0.2, 0.25) is 10.0 Å². The summed E-state index contributed by atoms with van der Waals surface area (Å²) in [5, 5.41) is 2.63. The zero-order valence-corrected chi connectivity index (χ0v) is 17.0. The third-order valence-electron chi connectivity index (χ3n) is 3.66. The number of sulfonamides is 1. The second-order valence-corrected chi connectivity index (χ2v) is 10.8. The highest BCUT2D eigenvalue weighted by Gasteiger charge is 2.18. The fraction of sp³-hybridized carbons (Fsp3) is 0.235. The average molecular weight is 431 g/mol. The number of rotatable bonds is 7. The Kier molecular flexibility index (Phi) is 6.50. The molecular weight excluding hydrogens is 412 g/mol. The molecule has 2 aromatic rings. The number of halogens is 1. The van der Waals surface area contributed by atoms with Crippen molar-refractivity contribution >= 4 is 48.7 Å². The number of hydrogen-bond donors (Lipinski definition) is 2. The van der Waals surface area contributed by atoms with E-state index < -0.39 is 30.5 Å². The van der Waals surface area contributed by atoms with Crippen molar-refractivity contribution in [2.45, 2.75) is 23.5 Å². The molecule has 27 heavy (non-hydrogen) atoms. The molecule has 1 amide bonds. The zero-order chi connectivity index (χ0) is 20.2. The number of carbonyl (C=O) groups excluding carboxylic acids is 1. The van der Waals surface area contributed by atoms with Crippen molar-refractivity contribution in [1.29, 1.82) is 0 Å². The maximum Gasteiger partial charge on any atom is 0.255 e.